The Balaban J connectivity index is 2.44. The third-order valence-electron chi connectivity index (χ3n) is 6.96. The molecule has 0 spiro atoms. The number of halogens is 12. The van der Waals surface area contributed by atoms with Crippen molar-refractivity contribution in [3.8, 4) is 11.5 Å². The first-order chi connectivity index (χ1) is 22.2. The molecule has 0 aliphatic heterocycles. The Morgan fingerprint density at radius 2 is 1.39 bits per heavy atom. The summed E-state index contributed by atoms with van der Waals surface area (Å²) in [6.45, 7) is 4.39. The smallest absolute Gasteiger partial charge is 0.461 e. The zero-order valence-corrected chi connectivity index (χ0v) is 25.5. The molecule has 6 nitrogen and oxygen atoms in total. The van der Waals surface area contributed by atoms with E-state index in [1.54, 1.807) is 0 Å². The van der Waals surface area contributed by atoms with Gasteiger partial charge < -0.3 is 25.6 Å². The fourth-order valence-corrected chi connectivity index (χ4v) is 4.70. The lowest BCUT2D eigenvalue weighted by atomic mass is 9.77. The van der Waals surface area contributed by atoms with Gasteiger partial charge >= 0.3 is 24.9 Å². The SMILES string of the molecule is CC(C)(C)Oc1cc(C(Cc2ccccc2)(NC(=O)C(N)C(O)(C(F)(F)F)C(F)(F)F)c2cc(F)cc(OC(F)(F)C(F)F)c2)ccc1F. The largest absolute Gasteiger partial charge is 0.485 e. The molecule has 4 N–H and O–H groups in total. The van der Waals surface area contributed by atoms with Crippen LogP contribution in [0.25, 0.3) is 0 Å². The van der Waals surface area contributed by atoms with Crippen molar-refractivity contribution in [2.45, 2.75) is 74.9 Å². The summed E-state index contributed by atoms with van der Waals surface area (Å²) in [5.41, 5.74) is -5.75. The summed E-state index contributed by atoms with van der Waals surface area (Å²) in [5, 5.41) is 11.7. The van der Waals surface area contributed by atoms with Gasteiger partial charge in [0.25, 0.3) is 5.60 Å². The molecule has 2 unspecified atom stereocenters. The number of rotatable bonds is 11. The second-order valence-electron chi connectivity index (χ2n) is 11.8. The summed E-state index contributed by atoms with van der Waals surface area (Å²) in [4.78, 5) is 13.5. The fraction of sp³-hybridized carbons (Fsp3) is 0.387. The lowest BCUT2D eigenvalue weighted by Crippen LogP contribution is -2.72. The van der Waals surface area contributed by atoms with Crippen molar-refractivity contribution in [2.75, 3.05) is 0 Å². The van der Waals surface area contributed by atoms with Crippen LogP contribution in [0.1, 0.15) is 37.5 Å². The third kappa shape index (κ3) is 8.52. The quantitative estimate of drug-likeness (QED) is 0.183. The van der Waals surface area contributed by atoms with E-state index in [1.807, 2.05) is 5.32 Å². The van der Waals surface area contributed by atoms with E-state index in [9.17, 15) is 58.2 Å². The van der Waals surface area contributed by atoms with Crippen molar-refractivity contribution < 1.29 is 72.1 Å². The summed E-state index contributed by atoms with van der Waals surface area (Å²) >= 11 is 0. The Bertz CT molecular complexity index is 1610. The molecule has 0 bridgehead atoms. The van der Waals surface area contributed by atoms with Crippen LogP contribution in [0.15, 0.2) is 66.7 Å². The minimum atomic E-state index is -6.60. The van der Waals surface area contributed by atoms with Crippen molar-refractivity contribution in [1.82, 2.24) is 5.32 Å². The zero-order chi connectivity index (χ0) is 37.4. The number of amides is 1. The Kier molecular flexibility index (Phi) is 10.9. The highest BCUT2D eigenvalue weighted by Crippen LogP contribution is 2.46. The van der Waals surface area contributed by atoms with Gasteiger partial charge in [0.15, 0.2) is 11.6 Å². The van der Waals surface area contributed by atoms with E-state index >= 15 is 4.39 Å². The van der Waals surface area contributed by atoms with Gasteiger partial charge in [0, 0.05) is 12.5 Å². The van der Waals surface area contributed by atoms with Crippen LogP contribution in [0.3, 0.4) is 0 Å². The molecule has 0 aliphatic carbocycles. The number of nitrogens with two attached hydrogens (primary N) is 1. The third-order valence-corrected chi connectivity index (χ3v) is 6.96. The maximum atomic E-state index is 15.1. The highest BCUT2D eigenvalue weighted by Gasteiger charge is 2.75. The zero-order valence-electron chi connectivity index (χ0n) is 25.5. The van der Waals surface area contributed by atoms with E-state index in [0.717, 1.165) is 12.1 Å². The standard InChI is InChI=1S/C31H28F12N2O4/c1-26(2,3)49-22-13-17(9-10-21(22)33)27(15-16-7-5-4-6-8-16,18-11-19(32)14-20(12-18)48-29(36,37)25(34)35)45-24(46)23(44)28(47,30(38,39)40)31(41,42)43/h4-14,23,25,47H,15,44H2,1-3H3,(H,45,46). The molecule has 0 aromatic heterocycles. The van der Waals surface area contributed by atoms with Gasteiger partial charge in [-0.25, -0.2) is 8.78 Å². The van der Waals surface area contributed by atoms with E-state index in [0.29, 0.717) is 18.2 Å². The summed E-state index contributed by atoms with van der Waals surface area (Å²) in [6.07, 6.45) is -23.7. The molecule has 0 fully saturated rings. The first-order valence-corrected chi connectivity index (χ1v) is 13.9. The normalized spacial score (nSPS) is 15.1. The molecule has 3 aromatic rings. The van der Waals surface area contributed by atoms with Crippen LogP contribution >= 0.6 is 0 Å². The topological polar surface area (TPSA) is 93.8 Å². The molecule has 2 atom stereocenters. The van der Waals surface area contributed by atoms with Gasteiger partial charge in [0.1, 0.15) is 23.2 Å². The minimum Gasteiger partial charge on any atom is -0.485 e. The maximum absolute atomic E-state index is 15.1. The molecule has 0 saturated carbocycles. The van der Waals surface area contributed by atoms with Crippen LogP contribution in [-0.2, 0) is 16.8 Å². The lowest BCUT2D eigenvalue weighted by Gasteiger charge is -2.41. The maximum Gasteiger partial charge on any atom is 0.461 e. The molecule has 0 radical (unpaired) electrons. The van der Waals surface area contributed by atoms with E-state index in [1.165, 1.54) is 51.1 Å². The number of ether oxygens (including phenoxy) is 2. The molecular formula is C31H28F12N2O4. The highest BCUT2D eigenvalue weighted by molar-refractivity contribution is 5.85. The summed E-state index contributed by atoms with van der Waals surface area (Å²) in [6, 6.07) is 6.49. The molecule has 3 aromatic carbocycles. The number of aliphatic hydroxyl groups is 1. The van der Waals surface area contributed by atoms with E-state index in [-0.39, 0.29) is 11.6 Å². The molecule has 3 rings (SSSR count). The molecule has 18 heteroatoms. The van der Waals surface area contributed by atoms with Gasteiger partial charge in [-0.1, -0.05) is 36.4 Å². The summed E-state index contributed by atoms with van der Waals surface area (Å²) in [5.74, 6) is -6.91. The van der Waals surface area contributed by atoms with E-state index in [2.05, 4.69) is 4.74 Å². The van der Waals surface area contributed by atoms with Crippen LogP contribution < -0.4 is 20.5 Å². The second-order valence-corrected chi connectivity index (χ2v) is 11.8. The summed E-state index contributed by atoms with van der Waals surface area (Å²) in [7, 11) is 0. The van der Waals surface area contributed by atoms with Crippen molar-refractivity contribution in [1.29, 1.82) is 0 Å². The van der Waals surface area contributed by atoms with Gasteiger partial charge in [-0.2, -0.15) is 43.9 Å². The highest BCUT2D eigenvalue weighted by atomic mass is 19.4. The predicted molar refractivity (Wildman–Crippen MR) is 149 cm³/mol. The first-order valence-electron chi connectivity index (χ1n) is 13.9. The predicted octanol–water partition coefficient (Wildman–Crippen LogP) is 7.16. The van der Waals surface area contributed by atoms with Crippen LogP contribution in [-0.4, -0.2) is 53.1 Å². The number of hydrogen-bond acceptors (Lipinski definition) is 5. The molecule has 0 aliphatic rings. The Labute approximate surface area is 270 Å². The van der Waals surface area contributed by atoms with Gasteiger partial charge in [-0.05, 0) is 61.7 Å². The number of hydrogen-bond donors (Lipinski definition) is 3. The fourth-order valence-electron chi connectivity index (χ4n) is 4.70. The Morgan fingerprint density at radius 3 is 1.90 bits per heavy atom. The van der Waals surface area contributed by atoms with Crippen LogP contribution in [0.4, 0.5) is 52.7 Å². The molecule has 1 amide bonds. The number of benzene rings is 3. The van der Waals surface area contributed by atoms with Crippen molar-refractivity contribution in [3.63, 3.8) is 0 Å². The number of nitrogens with one attached hydrogen (secondary N) is 1. The monoisotopic (exact) mass is 720 g/mol. The van der Waals surface area contributed by atoms with Gasteiger partial charge in [0.05, 0.1) is 5.54 Å². The van der Waals surface area contributed by atoms with Crippen LogP contribution in [0.5, 0.6) is 11.5 Å². The van der Waals surface area contributed by atoms with E-state index < -0.39 is 94.3 Å². The Hall–Kier alpha value is -4.19. The van der Waals surface area contributed by atoms with Gasteiger partial charge in [0.2, 0.25) is 5.91 Å². The first kappa shape index (κ1) is 39.3. The number of alkyl halides is 10. The number of carbonyl (C=O) groups excluding carboxylic acids is 1. The number of carbonyl (C=O) groups is 1. The van der Waals surface area contributed by atoms with Crippen molar-refractivity contribution >= 4 is 5.91 Å². The van der Waals surface area contributed by atoms with Crippen LogP contribution in [0, 0.1) is 11.6 Å². The molecular weight excluding hydrogens is 692 g/mol. The lowest BCUT2D eigenvalue weighted by molar-refractivity contribution is -0.371. The van der Waals surface area contributed by atoms with Gasteiger partial charge in [-0.15, -0.1) is 0 Å². The molecule has 0 heterocycles. The van der Waals surface area contributed by atoms with Gasteiger partial charge in [-0.3, -0.25) is 4.79 Å². The second kappa shape index (κ2) is 13.6. The Morgan fingerprint density at radius 1 is 0.816 bits per heavy atom. The minimum absolute atomic E-state index is 0.0885. The van der Waals surface area contributed by atoms with Crippen LogP contribution in [0.2, 0.25) is 0 Å². The summed E-state index contributed by atoms with van der Waals surface area (Å²) < 4.78 is 176. The molecule has 49 heavy (non-hydrogen) atoms. The van der Waals surface area contributed by atoms with Crippen molar-refractivity contribution in [3.05, 3.63) is 95.1 Å². The average Bonchev–Trinajstić information content (AvgIpc) is 2.95. The van der Waals surface area contributed by atoms with Crippen molar-refractivity contribution in [2.24, 2.45) is 5.73 Å². The average molecular weight is 721 g/mol. The van der Waals surface area contributed by atoms with E-state index in [4.69, 9.17) is 10.5 Å². The molecule has 270 valence electrons. The molecule has 0 saturated heterocycles.